The molecule has 17 heavy (non-hydrogen) atoms. The Morgan fingerprint density at radius 1 is 1.59 bits per heavy atom. The standard InChI is InChI=1S/C12H21N3O2/c1-4-6-14(9-12(16)17)8-11-5-7-15(13-11)10(2)3/h5,7,10H,4,6,8-9H2,1-3H3,(H,16,17). The van der Waals surface area contributed by atoms with Gasteiger partial charge in [0.25, 0.3) is 0 Å². The Balaban J connectivity index is 2.61. The first-order chi connectivity index (χ1) is 8.02. The fourth-order valence-corrected chi connectivity index (χ4v) is 1.70. The Morgan fingerprint density at radius 3 is 2.76 bits per heavy atom. The second-order valence-corrected chi connectivity index (χ2v) is 4.49. The van der Waals surface area contributed by atoms with E-state index in [1.54, 1.807) is 0 Å². The molecule has 1 aromatic rings. The molecule has 0 saturated carbocycles. The Labute approximate surface area is 102 Å². The molecule has 1 heterocycles. The average molecular weight is 239 g/mol. The van der Waals surface area contributed by atoms with E-state index in [1.807, 2.05) is 28.8 Å². The van der Waals surface area contributed by atoms with E-state index < -0.39 is 5.97 Å². The lowest BCUT2D eigenvalue weighted by atomic mass is 10.3. The summed E-state index contributed by atoms with van der Waals surface area (Å²) in [6, 6.07) is 2.28. The zero-order chi connectivity index (χ0) is 12.8. The third-order valence-electron chi connectivity index (χ3n) is 2.48. The van der Waals surface area contributed by atoms with Gasteiger partial charge < -0.3 is 5.11 Å². The smallest absolute Gasteiger partial charge is 0.317 e. The molecule has 0 aliphatic carbocycles. The van der Waals surface area contributed by atoms with Crippen molar-refractivity contribution in [2.75, 3.05) is 13.1 Å². The molecule has 5 heteroatoms. The molecular formula is C12H21N3O2. The van der Waals surface area contributed by atoms with Crippen molar-refractivity contribution in [3.63, 3.8) is 0 Å². The van der Waals surface area contributed by atoms with Gasteiger partial charge in [-0.1, -0.05) is 6.92 Å². The number of aromatic nitrogens is 2. The monoisotopic (exact) mass is 239 g/mol. The van der Waals surface area contributed by atoms with E-state index in [0.29, 0.717) is 12.6 Å². The fourth-order valence-electron chi connectivity index (χ4n) is 1.70. The minimum absolute atomic E-state index is 0.0718. The summed E-state index contributed by atoms with van der Waals surface area (Å²) in [5.74, 6) is -0.790. The van der Waals surface area contributed by atoms with Gasteiger partial charge in [-0.25, -0.2) is 0 Å². The predicted molar refractivity (Wildman–Crippen MR) is 65.8 cm³/mol. The summed E-state index contributed by atoms with van der Waals surface area (Å²) in [6.07, 6.45) is 2.88. The number of carboxylic acid groups (broad SMARTS) is 1. The molecule has 1 aromatic heterocycles. The molecule has 0 aromatic carbocycles. The number of hydrogen-bond donors (Lipinski definition) is 1. The molecule has 96 valence electrons. The van der Waals surface area contributed by atoms with Crippen LogP contribution in [0, 0.1) is 0 Å². The van der Waals surface area contributed by atoms with Gasteiger partial charge in [0, 0.05) is 18.8 Å². The normalized spacial score (nSPS) is 11.4. The summed E-state index contributed by atoms with van der Waals surface area (Å²) in [6.45, 7) is 7.63. The minimum Gasteiger partial charge on any atom is -0.480 e. The first kappa shape index (κ1) is 13.7. The summed E-state index contributed by atoms with van der Waals surface area (Å²) >= 11 is 0. The Morgan fingerprint density at radius 2 is 2.29 bits per heavy atom. The lowest BCUT2D eigenvalue weighted by Gasteiger charge is -2.17. The second-order valence-electron chi connectivity index (χ2n) is 4.49. The summed E-state index contributed by atoms with van der Waals surface area (Å²) in [4.78, 5) is 12.6. The summed E-state index contributed by atoms with van der Waals surface area (Å²) in [5.41, 5.74) is 0.924. The zero-order valence-corrected chi connectivity index (χ0v) is 10.8. The van der Waals surface area contributed by atoms with Crippen LogP contribution in [0.3, 0.4) is 0 Å². The Hall–Kier alpha value is -1.36. The summed E-state index contributed by atoms with van der Waals surface area (Å²) in [5, 5.41) is 13.2. The average Bonchev–Trinajstić information content (AvgIpc) is 2.65. The third kappa shape index (κ3) is 4.56. The molecule has 0 fully saturated rings. The number of carbonyl (C=O) groups is 1. The highest BCUT2D eigenvalue weighted by atomic mass is 16.4. The van der Waals surface area contributed by atoms with Gasteiger partial charge in [0.05, 0.1) is 12.2 Å². The molecule has 0 radical (unpaired) electrons. The van der Waals surface area contributed by atoms with Crippen molar-refractivity contribution in [2.45, 2.75) is 39.8 Å². The van der Waals surface area contributed by atoms with Crippen molar-refractivity contribution in [3.05, 3.63) is 18.0 Å². The van der Waals surface area contributed by atoms with Crippen LogP contribution in [0.15, 0.2) is 12.3 Å². The Bertz CT molecular complexity index is 360. The van der Waals surface area contributed by atoms with E-state index in [4.69, 9.17) is 5.11 Å². The molecule has 0 amide bonds. The van der Waals surface area contributed by atoms with Gasteiger partial charge in [0.1, 0.15) is 0 Å². The van der Waals surface area contributed by atoms with Crippen molar-refractivity contribution in [3.8, 4) is 0 Å². The van der Waals surface area contributed by atoms with Crippen molar-refractivity contribution in [1.29, 1.82) is 0 Å². The van der Waals surface area contributed by atoms with Gasteiger partial charge in [-0.2, -0.15) is 5.10 Å². The van der Waals surface area contributed by atoms with E-state index >= 15 is 0 Å². The van der Waals surface area contributed by atoms with Crippen LogP contribution in [0.1, 0.15) is 38.9 Å². The molecule has 0 bridgehead atoms. The van der Waals surface area contributed by atoms with Crippen LogP contribution in [-0.2, 0) is 11.3 Å². The number of rotatable bonds is 7. The van der Waals surface area contributed by atoms with Gasteiger partial charge >= 0.3 is 5.97 Å². The highest BCUT2D eigenvalue weighted by Crippen LogP contribution is 2.07. The lowest BCUT2D eigenvalue weighted by Crippen LogP contribution is -2.30. The van der Waals surface area contributed by atoms with Crippen LogP contribution in [0.2, 0.25) is 0 Å². The van der Waals surface area contributed by atoms with E-state index in [1.165, 1.54) is 0 Å². The molecule has 0 aliphatic rings. The maximum Gasteiger partial charge on any atom is 0.317 e. The molecule has 0 aliphatic heterocycles. The van der Waals surface area contributed by atoms with Crippen LogP contribution < -0.4 is 0 Å². The molecule has 0 atom stereocenters. The van der Waals surface area contributed by atoms with E-state index in [0.717, 1.165) is 18.7 Å². The third-order valence-corrected chi connectivity index (χ3v) is 2.48. The number of carboxylic acids is 1. The first-order valence-corrected chi connectivity index (χ1v) is 6.01. The van der Waals surface area contributed by atoms with Crippen LogP contribution in [0.5, 0.6) is 0 Å². The van der Waals surface area contributed by atoms with E-state index in [2.05, 4.69) is 18.9 Å². The maximum atomic E-state index is 10.7. The van der Waals surface area contributed by atoms with Crippen LogP contribution >= 0.6 is 0 Å². The summed E-state index contributed by atoms with van der Waals surface area (Å²) in [7, 11) is 0. The number of nitrogens with zero attached hydrogens (tertiary/aromatic N) is 3. The highest BCUT2D eigenvalue weighted by Gasteiger charge is 2.11. The van der Waals surface area contributed by atoms with Gasteiger partial charge in [-0.05, 0) is 32.9 Å². The molecule has 0 unspecified atom stereocenters. The van der Waals surface area contributed by atoms with Crippen molar-refractivity contribution >= 4 is 5.97 Å². The van der Waals surface area contributed by atoms with Crippen molar-refractivity contribution < 1.29 is 9.90 Å². The maximum absolute atomic E-state index is 10.7. The van der Waals surface area contributed by atoms with Crippen LogP contribution in [-0.4, -0.2) is 38.8 Å². The van der Waals surface area contributed by atoms with E-state index in [-0.39, 0.29) is 6.54 Å². The predicted octanol–water partition coefficient (Wildman–Crippen LogP) is 1.76. The quantitative estimate of drug-likeness (QED) is 0.787. The molecule has 1 rings (SSSR count). The highest BCUT2D eigenvalue weighted by molar-refractivity contribution is 5.69. The largest absolute Gasteiger partial charge is 0.480 e. The lowest BCUT2D eigenvalue weighted by molar-refractivity contribution is -0.138. The second kappa shape index (κ2) is 6.39. The topological polar surface area (TPSA) is 58.4 Å². The van der Waals surface area contributed by atoms with Crippen molar-refractivity contribution in [2.24, 2.45) is 0 Å². The van der Waals surface area contributed by atoms with E-state index in [9.17, 15) is 4.79 Å². The van der Waals surface area contributed by atoms with Crippen molar-refractivity contribution in [1.82, 2.24) is 14.7 Å². The molecule has 0 spiro atoms. The molecular weight excluding hydrogens is 218 g/mol. The van der Waals surface area contributed by atoms with Crippen LogP contribution in [0.25, 0.3) is 0 Å². The Kier molecular flexibility index (Phi) is 5.15. The minimum atomic E-state index is -0.790. The zero-order valence-electron chi connectivity index (χ0n) is 10.8. The SMILES string of the molecule is CCCN(CC(=O)O)Cc1ccn(C(C)C)n1. The van der Waals surface area contributed by atoms with Crippen LogP contribution in [0.4, 0.5) is 0 Å². The van der Waals surface area contributed by atoms with Gasteiger partial charge in [0.15, 0.2) is 0 Å². The summed E-state index contributed by atoms with van der Waals surface area (Å²) < 4.78 is 1.89. The first-order valence-electron chi connectivity index (χ1n) is 6.01. The number of aliphatic carboxylic acids is 1. The van der Waals surface area contributed by atoms with Gasteiger partial charge in [-0.3, -0.25) is 14.4 Å². The molecule has 0 saturated heterocycles. The van der Waals surface area contributed by atoms with Gasteiger partial charge in [-0.15, -0.1) is 0 Å². The molecule has 1 N–H and O–H groups in total. The number of hydrogen-bond acceptors (Lipinski definition) is 3. The van der Waals surface area contributed by atoms with Gasteiger partial charge in [0.2, 0.25) is 0 Å². The molecule has 5 nitrogen and oxygen atoms in total. The fraction of sp³-hybridized carbons (Fsp3) is 0.667.